The number of H-pyrrole nitrogens is 4. The molecule has 0 aliphatic heterocycles. The van der Waals surface area contributed by atoms with Gasteiger partial charge in [-0.3, -0.25) is 24.5 Å². The molecule has 5 N–H and O–H groups in total. The molecular formula is C8H5N6O6-. The molecule has 0 bridgehead atoms. The summed E-state index contributed by atoms with van der Waals surface area (Å²) in [7, 11) is 0. The zero-order valence-electron chi connectivity index (χ0n) is 9.38. The van der Waals surface area contributed by atoms with Crippen molar-refractivity contribution in [2.75, 3.05) is 0 Å². The average molecular weight is 281 g/mol. The molecule has 2 rings (SSSR count). The first-order chi connectivity index (χ1) is 9.38. The maximum absolute atomic E-state index is 11.3. The number of aromatic nitrogens is 4. The SMILES string of the molecule is O=c1[nH]c([O-])c(N=Nc2c(O)[nH]c(=O)[nH]c2=O)c(=O)[nH]1. The van der Waals surface area contributed by atoms with Crippen molar-refractivity contribution in [2.24, 2.45) is 10.2 Å². The van der Waals surface area contributed by atoms with Crippen LogP contribution in [0.4, 0.5) is 11.4 Å². The maximum atomic E-state index is 11.3. The van der Waals surface area contributed by atoms with Crippen molar-refractivity contribution in [1.82, 2.24) is 19.9 Å². The minimum absolute atomic E-state index is 0.713. The van der Waals surface area contributed by atoms with Gasteiger partial charge in [0, 0.05) is 0 Å². The van der Waals surface area contributed by atoms with Crippen molar-refractivity contribution >= 4 is 11.4 Å². The van der Waals surface area contributed by atoms with Crippen molar-refractivity contribution in [1.29, 1.82) is 0 Å². The Bertz CT molecular complexity index is 839. The Morgan fingerprint density at radius 2 is 1.30 bits per heavy atom. The molecule has 0 saturated carbocycles. The van der Waals surface area contributed by atoms with Gasteiger partial charge in [-0.2, -0.15) is 0 Å². The van der Waals surface area contributed by atoms with Gasteiger partial charge in [0.05, 0.1) is 0 Å². The van der Waals surface area contributed by atoms with Gasteiger partial charge in [0.25, 0.3) is 11.1 Å². The van der Waals surface area contributed by atoms with Gasteiger partial charge >= 0.3 is 11.4 Å². The van der Waals surface area contributed by atoms with Crippen LogP contribution in [0.1, 0.15) is 0 Å². The second-order valence-corrected chi connectivity index (χ2v) is 3.39. The van der Waals surface area contributed by atoms with E-state index >= 15 is 0 Å². The van der Waals surface area contributed by atoms with Crippen molar-refractivity contribution in [3.8, 4) is 11.8 Å². The van der Waals surface area contributed by atoms with E-state index < -0.39 is 45.6 Å². The van der Waals surface area contributed by atoms with Crippen LogP contribution in [0.3, 0.4) is 0 Å². The Hall–Kier alpha value is -3.44. The Labute approximate surface area is 106 Å². The van der Waals surface area contributed by atoms with Crippen molar-refractivity contribution in [2.45, 2.75) is 0 Å². The monoisotopic (exact) mass is 281 g/mol. The fourth-order valence-electron chi connectivity index (χ4n) is 1.21. The van der Waals surface area contributed by atoms with Crippen LogP contribution in [0.25, 0.3) is 0 Å². The molecule has 0 atom stereocenters. The van der Waals surface area contributed by atoms with Crippen LogP contribution in [0.5, 0.6) is 11.8 Å². The first-order valence-electron chi connectivity index (χ1n) is 4.89. The van der Waals surface area contributed by atoms with E-state index in [1.807, 2.05) is 4.98 Å². The van der Waals surface area contributed by atoms with Crippen LogP contribution in [0, 0.1) is 0 Å². The van der Waals surface area contributed by atoms with Crippen LogP contribution in [0.2, 0.25) is 0 Å². The third-order valence-corrected chi connectivity index (χ3v) is 2.03. The summed E-state index contributed by atoms with van der Waals surface area (Å²) in [6.07, 6.45) is 0. The predicted molar refractivity (Wildman–Crippen MR) is 60.7 cm³/mol. The minimum atomic E-state index is -1.12. The highest BCUT2D eigenvalue weighted by atomic mass is 16.3. The van der Waals surface area contributed by atoms with Gasteiger partial charge in [-0.05, 0) is 5.88 Å². The van der Waals surface area contributed by atoms with E-state index in [4.69, 9.17) is 0 Å². The lowest BCUT2D eigenvalue weighted by Gasteiger charge is -2.05. The lowest BCUT2D eigenvalue weighted by atomic mass is 10.5. The summed E-state index contributed by atoms with van der Waals surface area (Å²) >= 11 is 0. The quantitative estimate of drug-likeness (QED) is 0.381. The molecule has 0 saturated heterocycles. The summed E-state index contributed by atoms with van der Waals surface area (Å²) < 4.78 is 0. The molecule has 20 heavy (non-hydrogen) atoms. The molecule has 12 nitrogen and oxygen atoms in total. The molecule has 2 heterocycles. The third kappa shape index (κ3) is 2.38. The van der Waals surface area contributed by atoms with E-state index in [0.29, 0.717) is 0 Å². The number of hydrogen-bond acceptors (Lipinski definition) is 8. The smallest absolute Gasteiger partial charge is 0.328 e. The number of aromatic hydroxyl groups is 1. The molecule has 0 fully saturated rings. The van der Waals surface area contributed by atoms with Crippen molar-refractivity contribution < 1.29 is 10.2 Å². The first kappa shape index (κ1) is 13.0. The van der Waals surface area contributed by atoms with E-state index in [9.17, 15) is 29.4 Å². The maximum Gasteiger partial charge on any atom is 0.328 e. The highest BCUT2D eigenvalue weighted by Gasteiger charge is 2.08. The molecule has 0 aliphatic carbocycles. The van der Waals surface area contributed by atoms with E-state index in [2.05, 4.69) is 10.2 Å². The highest BCUT2D eigenvalue weighted by molar-refractivity contribution is 5.46. The second-order valence-electron chi connectivity index (χ2n) is 3.39. The summed E-state index contributed by atoms with van der Waals surface area (Å²) in [6.45, 7) is 0. The molecule has 2 aromatic heterocycles. The minimum Gasteiger partial charge on any atom is -0.858 e. The van der Waals surface area contributed by atoms with Crippen LogP contribution in [-0.4, -0.2) is 25.0 Å². The molecular weight excluding hydrogens is 276 g/mol. The number of hydrogen-bond donors (Lipinski definition) is 5. The zero-order valence-corrected chi connectivity index (χ0v) is 9.38. The number of nitrogens with one attached hydrogen (secondary N) is 4. The van der Waals surface area contributed by atoms with Crippen LogP contribution < -0.4 is 27.6 Å². The molecule has 0 amide bonds. The van der Waals surface area contributed by atoms with Crippen LogP contribution >= 0.6 is 0 Å². The normalized spacial score (nSPS) is 11.0. The van der Waals surface area contributed by atoms with E-state index in [-0.39, 0.29) is 0 Å². The van der Waals surface area contributed by atoms with Crippen molar-refractivity contribution in [3.05, 3.63) is 41.7 Å². The standard InChI is InChI=1S/C8H6N6O6/c15-3-1(4(16)10-7(19)9-3)13-14-2-5(17)11-8(20)12-6(2)18/h(H3,9,10,15,16,19)(H3,11,12,17,18,20)/p-1. The van der Waals surface area contributed by atoms with Gasteiger partial charge in [-0.1, -0.05) is 0 Å². The first-order valence-corrected chi connectivity index (χ1v) is 4.89. The lowest BCUT2D eigenvalue weighted by Crippen LogP contribution is -2.23. The summed E-state index contributed by atoms with van der Waals surface area (Å²) in [6, 6.07) is 0. The van der Waals surface area contributed by atoms with Crippen LogP contribution in [-0.2, 0) is 0 Å². The summed E-state index contributed by atoms with van der Waals surface area (Å²) in [5.41, 5.74) is -5.71. The van der Waals surface area contributed by atoms with Gasteiger partial charge in [-0.15, -0.1) is 10.2 Å². The average Bonchev–Trinajstić information content (AvgIpc) is 2.30. The molecule has 0 aliphatic rings. The summed E-state index contributed by atoms with van der Waals surface area (Å²) in [5.74, 6) is -2.02. The molecule has 0 aromatic carbocycles. The molecule has 0 unspecified atom stereocenters. The zero-order chi connectivity index (χ0) is 14.9. The summed E-state index contributed by atoms with van der Waals surface area (Å²) in [4.78, 5) is 51.2. The molecule has 2 aromatic rings. The van der Waals surface area contributed by atoms with E-state index in [0.717, 1.165) is 0 Å². The lowest BCUT2D eigenvalue weighted by molar-refractivity contribution is -0.274. The second kappa shape index (κ2) is 4.68. The van der Waals surface area contributed by atoms with Gasteiger partial charge in [0.1, 0.15) is 0 Å². The van der Waals surface area contributed by atoms with E-state index in [1.54, 1.807) is 15.0 Å². The van der Waals surface area contributed by atoms with Crippen molar-refractivity contribution in [3.63, 3.8) is 0 Å². The molecule has 0 spiro atoms. The van der Waals surface area contributed by atoms with Gasteiger partial charge < -0.3 is 15.2 Å². The Kier molecular flexibility index (Phi) is 3.04. The fourth-order valence-corrected chi connectivity index (χ4v) is 1.21. The van der Waals surface area contributed by atoms with Crippen LogP contribution in [0.15, 0.2) is 29.4 Å². The summed E-state index contributed by atoms with van der Waals surface area (Å²) in [5, 5.41) is 26.9. The number of nitrogens with zero attached hydrogens (tertiary/aromatic N) is 2. The Morgan fingerprint density at radius 3 is 1.85 bits per heavy atom. The highest BCUT2D eigenvalue weighted by Crippen LogP contribution is 2.20. The predicted octanol–water partition coefficient (Wildman–Crippen LogP) is -2.37. The van der Waals surface area contributed by atoms with Gasteiger partial charge in [-0.25, -0.2) is 9.59 Å². The molecule has 12 heteroatoms. The Morgan fingerprint density at radius 1 is 0.800 bits per heavy atom. The van der Waals surface area contributed by atoms with E-state index in [1.165, 1.54) is 0 Å². The molecule has 0 radical (unpaired) electrons. The van der Waals surface area contributed by atoms with Gasteiger partial charge in [0.15, 0.2) is 5.69 Å². The Balaban J connectivity index is 2.56. The molecule has 104 valence electrons. The topological polar surface area (TPSA) is 199 Å². The fraction of sp³-hybridized carbons (Fsp3) is 0. The largest absolute Gasteiger partial charge is 0.858 e. The van der Waals surface area contributed by atoms with Gasteiger partial charge in [0.2, 0.25) is 11.6 Å². The third-order valence-electron chi connectivity index (χ3n) is 2.03. The number of rotatable bonds is 2. The number of aromatic amines is 4. The number of azo groups is 1.